The number of carbonyl (C=O) groups is 5. The molecule has 3 unspecified atom stereocenters. The molecule has 1 aliphatic heterocycles. The van der Waals surface area contributed by atoms with Gasteiger partial charge in [-0.3, -0.25) is 28.9 Å². The number of morpholine rings is 1. The lowest BCUT2D eigenvalue weighted by molar-refractivity contribution is -0.140. The van der Waals surface area contributed by atoms with E-state index in [0.29, 0.717) is 32.7 Å². The van der Waals surface area contributed by atoms with Crippen LogP contribution in [0.15, 0.2) is 60.8 Å². The molecule has 246 valence electrons. The van der Waals surface area contributed by atoms with E-state index in [2.05, 4.69) is 26.3 Å². The summed E-state index contributed by atoms with van der Waals surface area (Å²) in [4.78, 5) is 71.0. The van der Waals surface area contributed by atoms with Crippen LogP contribution < -0.4 is 21.3 Å². The maximum atomic E-state index is 13.8. The highest BCUT2D eigenvalue weighted by atomic mass is 16.5. The van der Waals surface area contributed by atoms with E-state index < -0.39 is 41.6 Å². The number of Topliss-reactive ketones (excluding diaryl/α,β-unsaturated/α-hetero) is 1. The Morgan fingerprint density at radius 3 is 2.33 bits per heavy atom. The van der Waals surface area contributed by atoms with Crippen molar-refractivity contribution in [3.8, 4) is 0 Å². The van der Waals surface area contributed by atoms with E-state index in [1.165, 1.54) is 0 Å². The summed E-state index contributed by atoms with van der Waals surface area (Å²) in [6.07, 6.45) is 3.52. The van der Waals surface area contributed by atoms with Gasteiger partial charge in [0.15, 0.2) is 0 Å². The Hall–Kier alpha value is -4.55. The molecule has 2 aromatic carbocycles. The van der Waals surface area contributed by atoms with E-state index in [0.717, 1.165) is 28.5 Å². The Kier molecular flexibility index (Phi) is 12.9. The number of hydrogen-bond acceptors (Lipinski definition) is 7. The second kappa shape index (κ2) is 17.2. The number of unbranched alkanes of at least 4 members (excludes halogenated alkanes) is 1. The number of aromatic nitrogens is 1. The third kappa shape index (κ3) is 9.98. The number of nitrogens with one attached hydrogen (secondary N) is 5. The van der Waals surface area contributed by atoms with Gasteiger partial charge in [-0.25, -0.2) is 0 Å². The lowest BCUT2D eigenvalue weighted by Gasteiger charge is -2.27. The first-order valence-electron chi connectivity index (χ1n) is 15.9. The number of rotatable bonds is 16. The van der Waals surface area contributed by atoms with Crippen LogP contribution in [0.3, 0.4) is 0 Å². The van der Waals surface area contributed by atoms with Crippen molar-refractivity contribution in [1.29, 1.82) is 0 Å². The van der Waals surface area contributed by atoms with Gasteiger partial charge in [-0.2, -0.15) is 0 Å². The highest BCUT2D eigenvalue weighted by Crippen LogP contribution is 2.19. The molecule has 0 aliphatic carbocycles. The quantitative estimate of drug-likeness (QED) is 0.150. The Morgan fingerprint density at radius 2 is 1.59 bits per heavy atom. The van der Waals surface area contributed by atoms with Gasteiger partial charge in [-0.05, 0) is 30.5 Å². The standard InChI is InChI=1S/C34H44N6O6/c1-3-4-13-28(31(42)34(45)36-20-24-10-6-5-7-11-24)38-33(44)29(19-25-21-35-27-14-9-8-12-26(25)27)39-32(43)23(2)37-30(41)22-40-15-17-46-18-16-40/h5-12,14,21,23,28-29,35H,3-4,13,15-20,22H2,1-2H3,(H,36,45)(H,37,41)(H,38,44)(H,39,43). The fourth-order valence-electron chi connectivity index (χ4n) is 5.31. The number of para-hydroxylation sites is 1. The predicted octanol–water partition coefficient (Wildman–Crippen LogP) is 1.59. The van der Waals surface area contributed by atoms with E-state index in [1.807, 2.05) is 66.4 Å². The summed E-state index contributed by atoms with van der Waals surface area (Å²) in [5, 5.41) is 11.8. The first-order chi connectivity index (χ1) is 22.2. The maximum Gasteiger partial charge on any atom is 0.289 e. The summed E-state index contributed by atoms with van der Waals surface area (Å²) in [5.74, 6) is -3.00. The van der Waals surface area contributed by atoms with Crippen LogP contribution in [0.2, 0.25) is 0 Å². The smallest absolute Gasteiger partial charge is 0.289 e. The molecule has 1 aliphatic rings. The number of ketones is 1. The van der Waals surface area contributed by atoms with E-state index in [1.54, 1.807) is 13.1 Å². The molecule has 0 saturated carbocycles. The minimum atomic E-state index is -1.09. The summed E-state index contributed by atoms with van der Waals surface area (Å²) < 4.78 is 5.32. The number of fused-ring (bicyclic) bond motifs is 1. The molecule has 4 amide bonds. The molecule has 12 heteroatoms. The minimum Gasteiger partial charge on any atom is -0.379 e. The molecular weight excluding hydrogens is 588 g/mol. The SMILES string of the molecule is CCCCC(NC(=O)C(Cc1c[nH]c2ccccc12)NC(=O)C(C)NC(=O)CN1CCOCC1)C(=O)C(=O)NCc1ccccc1. The number of amides is 4. The summed E-state index contributed by atoms with van der Waals surface area (Å²) in [5.41, 5.74) is 2.50. The number of hydrogen-bond donors (Lipinski definition) is 5. The molecule has 0 bridgehead atoms. The van der Waals surface area contributed by atoms with Crippen molar-refractivity contribution >= 4 is 40.3 Å². The number of carbonyl (C=O) groups excluding carboxylic acids is 5. The zero-order chi connectivity index (χ0) is 32.9. The predicted molar refractivity (Wildman–Crippen MR) is 174 cm³/mol. The van der Waals surface area contributed by atoms with Crippen LogP contribution in [-0.2, 0) is 41.7 Å². The number of benzene rings is 2. The molecule has 0 spiro atoms. The van der Waals surface area contributed by atoms with Gasteiger partial charge >= 0.3 is 0 Å². The first kappa shape index (κ1) is 34.3. The van der Waals surface area contributed by atoms with Crippen molar-refractivity contribution in [2.24, 2.45) is 0 Å². The van der Waals surface area contributed by atoms with Gasteiger partial charge in [0.25, 0.3) is 5.91 Å². The summed E-state index contributed by atoms with van der Waals surface area (Å²) >= 11 is 0. The molecule has 4 rings (SSSR count). The molecular formula is C34H44N6O6. The molecule has 2 heterocycles. The van der Waals surface area contributed by atoms with Gasteiger partial charge in [-0.15, -0.1) is 0 Å². The van der Waals surface area contributed by atoms with Gasteiger partial charge < -0.3 is 31.0 Å². The average Bonchev–Trinajstić information content (AvgIpc) is 3.48. The molecule has 3 atom stereocenters. The van der Waals surface area contributed by atoms with Crippen molar-refractivity contribution in [2.45, 2.75) is 64.2 Å². The molecule has 1 saturated heterocycles. The van der Waals surface area contributed by atoms with Crippen LogP contribution in [0.4, 0.5) is 0 Å². The van der Waals surface area contributed by atoms with Crippen molar-refractivity contribution < 1.29 is 28.7 Å². The molecule has 46 heavy (non-hydrogen) atoms. The van der Waals surface area contributed by atoms with E-state index in [4.69, 9.17) is 4.74 Å². The van der Waals surface area contributed by atoms with E-state index in [-0.39, 0.29) is 31.8 Å². The number of H-pyrrole nitrogens is 1. The Morgan fingerprint density at radius 1 is 0.891 bits per heavy atom. The lowest BCUT2D eigenvalue weighted by atomic mass is 10.0. The van der Waals surface area contributed by atoms with Crippen LogP contribution in [0.25, 0.3) is 10.9 Å². The van der Waals surface area contributed by atoms with Gasteiger partial charge in [0.2, 0.25) is 23.5 Å². The number of ether oxygens (including phenoxy) is 1. The van der Waals surface area contributed by atoms with E-state index >= 15 is 0 Å². The second-order valence-corrected chi connectivity index (χ2v) is 11.5. The zero-order valence-electron chi connectivity index (χ0n) is 26.5. The fraction of sp³-hybridized carbons (Fsp3) is 0.441. The van der Waals surface area contributed by atoms with Gasteiger partial charge in [0.1, 0.15) is 12.1 Å². The number of nitrogens with zero attached hydrogens (tertiary/aromatic N) is 1. The van der Waals surface area contributed by atoms with Crippen molar-refractivity contribution in [3.05, 3.63) is 71.9 Å². The van der Waals surface area contributed by atoms with E-state index in [9.17, 15) is 24.0 Å². The lowest BCUT2D eigenvalue weighted by Crippen LogP contribution is -2.57. The summed E-state index contributed by atoms with van der Waals surface area (Å²) in [7, 11) is 0. The minimum absolute atomic E-state index is 0.116. The van der Waals surface area contributed by atoms with Gasteiger partial charge in [0.05, 0.1) is 25.8 Å². The highest BCUT2D eigenvalue weighted by molar-refractivity contribution is 6.38. The van der Waals surface area contributed by atoms with Crippen LogP contribution >= 0.6 is 0 Å². The van der Waals surface area contributed by atoms with Gasteiger partial charge in [0, 0.05) is 43.2 Å². The van der Waals surface area contributed by atoms with Crippen LogP contribution in [0.5, 0.6) is 0 Å². The summed E-state index contributed by atoms with van der Waals surface area (Å²) in [6.45, 7) is 6.16. The second-order valence-electron chi connectivity index (χ2n) is 11.5. The molecule has 1 fully saturated rings. The third-order valence-corrected chi connectivity index (χ3v) is 7.97. The van der Waals surface area contributed by atoms with Crippen LogP contribution in [0.1, 0.15) is 44.2 Å². The molecule has 0 radical (unpaired) electrons. The number of aromatic amines is 1. The van der Waals surface area contributed by atoms with Crippen LogP contribution in [0, 0.1) is 0 Å². The molecule has 12 nitrogen and oxygen atoms in total. The normalized spacial score (nSPS) is 15.3. The Bertz CT molecular complexity index is 1490. The first-order valence-corrected chi connectivity index (χ1v) is 15.9. The largest absolute Gasteiger partial charge is 0.379 e. The molecule has 5 N–H and O–H groups in total. The van der Waals surface area contributed by atoms with Crippen molar-refractivity contribution in [3.63, 3.8) is 0 Å². The van der Waals surface area contributed by atoms with Crippen LogP contribution in [-0.4, -0.2) is 90.3 Å². The average molecular weight is 633 g/mol. The zero-order valence-corrected chi connectivity index (χ0v) is 26.5. The Balaban J connectivity index is 1.46. The van der Waals surface area contributed by atoms with Gasteiger partial charge in [-0.1, -0.05) is 68.3 Å². The molecule has 3 aromatic rings. The van der Waals surface area contributed by atoms with Crippen molar-refractivity contribution in [2.75, 3.05) is 32.8 Å². The topological polar surface area (TPSA) is 162 Å². The molecule has 1 aromatic heterocycles. The third-order valence-electron chi connectivity index (χ3n) is 7.97. The highest BCUT2D eigenvalue weighted by Gasteiger charge is 2.31. The maximum absolute atomic E-state index is 13.8. The summed E-state index contributed by atoms with van der Waals surface area (Å²) in [6, 6.07) is 13.7. The fourth-order valence-corrected chi connectivity index (χ4v) is 5.31. The Labute approximate surface area is 269 Å². The van der Waals surface area contributed by atoms with Crippen molar-refractivity contribution in [1.82, 2.24) is 31.2 Å². The monoisotopic (exact) mass is 632 g/mol.